The molecule has 1 fully saturated rings. The van der Waals surface area contributed by atoms with E-state index >= 15 is 0 Å². The molecule has 2 amide bonds. The summed E-state index contributed by atoms with van der Waals surface area (Å²) in [6.07, 6.45) is 6.28. The second kappa shape index (κ2) is 7.39. The Hall–Kier alpha value is -2.88. The molecule has 2 aliphatic rings. The van der Waals surface area contributed by atoms with E-state index in [0.29, 0.717) is 5.92 Å². The second-order valence-electron chi connectivity index (χ2n) is 7.38. The lowest BCUT2D eigenvalue weighted by Crippen LogP contribution is -2.36. The van der Waals surface area contributed by atoms with Gasteiger partial charge in [-0.1, -0.05) is 54.6 Å². The van der Waals surface area contributed by atoms with Crippen LogP contribution in [0.3, 0.4) is 0 Å². The van der Waals surface area contributed by atoms with Gasteiger partial charge in [-0.25, -0.2) is 0 Å². The molecule has 2 atom stereocenters. The molecule has 0 unspecified atom stereocenters. The first-order chi connectivity index (χ1) is 13.1. The molecule has 1 N–H and O–H groups in total. The highest BCUT2D eigenvalue weighted by atomic mass is 16.2. The van der Waals surface area contributed by atoms with Crippen LogP contribution in [0.2, 0.25) is 0 Å². The number of rotatable bonds is 5. The van der Waals surface area contributed by atoms with Gasteiger partial charge in [-0.3, -0.25) is 9.59 Å². The summed E-state index contributed by atoms with van der Waals surface area (Å²) in [7, 11) is 0. The van der Waals surface area contributed by atoms with E-state index < -0.39 is 0 Å². The summed E-state index contributed by atoms with van der Waals surface area (Å²) in [6.45, 7) is 1.54. The van der Waals surface area contributed by atoms with Crippen molar-refractivity contribution in [3.8, 4) is 0 Å². The Kier molecular flexibility index (Phi) is 4.80. The van der Waals surface area contributed by atoms with Crippen LogP contribution in [0.4, 0.5) is 0 Å². The van der Waals surface area contributed by atoms with Crippen molar-refractivity contribution in [2.24, 2.45) is 5.92 Å². The number of benzene rings is 2. The van der Waals surface area contributed by atoms with Gasteiger partial charge in [0, 0.05) is 13.1 Å². The summed E-state index contributed by atoms with van der Waals surface area (Å²) in [5.74, 6) is 0.441. The molecular weight excluding hydrogens is 336 g/mol. The molecule has 27 heavy (non-hydrogen) atoms. The molecule has 4 heteroatoms. The van der Waals surface area contributed by atoms with Gasteiger partial charge >= 0.3 is 0 Å². The van der Waals surface area contributed by atoms with Crippen LogP contribution in [0.5, 0.6) is 0 Å². The summed E-state index contributed by atoms with van der Waals surface area (Å²) >= 11 is 0. The third kappa shape index (κ3) is 3.80. The Labute approximate surface area is 159 Å². The Morgan fingerprint density at radius 1 is 1.07 bits per heavy atom. The van der Waals surface area contributed by atoms with Gasteiger partial charge in [0.1, 0.15) is 0 Å². The van der Waals surface area contributed by atoms with Crippen molar-refractivity contribution in [3.05, 3.63) is 77.5 Å². The number of nitrogens with zero attached hydrogens (tertiary/aromatic N) is 1. The Morgan fingerprint density at radius 3 is 2.48 bits per heavy atom. The Balaban J connectivity index is 1.54. The monoisotopic (exact) mass is 360 g/mol. The summed E-state index contributed by atoms with van der Waals surface area (Å²) < 4.78 is 0. The summed E-state index contributed by atoms with van der Waals surface area (Å²) in [5.41, 5.74) is 3.24. The van der Waals surface area contributed by atoms with Crippen molar-refractivity contribution in [1.82, 2.24) is 10.2 Å². The number of carbonyl (C=O) groups is 2. The third-order valence-corrected chi connectivity index (χ3v) is 5.42. The first-order valence-electron chi connectivity index (χ1n) is 9.54. The number of carbonyl (C=O) groups excluding carboxylic acids is 2. The largest absolute Gasteiger partial charge is 0.349 e. The number of hydrogen-bond acceptors (Lipinski definition) is 2. The first kappa shape index (κ1) is 17.5. The zero-order chi connectivity index (χ0) is 18.8. The number of hydrogen-bond donors (Lipinski definition) is 1. The van der Waals surface area contributed by atoms with Gasteiger partial charge in [-0.15, -0.1) is 0 Å². The van der Waals surface area contributed by atoms with Gasteiger partial charge in [0.2, 0.25) is 11.8 Å². The third-order valence-electron chi connectivity index (χ3n) is 5.42. The molecule has 0 saturated heterocycles. The highest BCUT2D eigenvalue weighted by molar-refractivity contribution is 5.82. The van der Waals surface area contributed by atoms with Crippen LogP contribution in [-0.4, -0.2) is 16.7 Å². The summed E-state index contributed by atoms with van der Waals surface area (Å²) in [4.78, 5) is 26.7. The van der Waals surface area contributed by atoms with Crippen LogP contribution in [-0.2, 0) is 9.59 Å². The predicted molar refractivity (Wildman–Crippen MR) is 105 cm³/mol. The average molecular weight is 360 g/mol. The predicted octanol–water partition coefficient (Wildman–Crippen LogP) is 4.22. The fourth-order valence-corrected chi connectivity index (χ4v) is 3.88. The molecule has 4 rings (SSSR count). The van der Waals surface area contributed by atoms with Crippen LogP contribution in [0.25, 0.3) is 6.08 Å². The molecule has 1 aliphatic carbocycles. The maximum Gasteiger partial charge on any atom is 0.223 e. The van der Waals surface area contributed by atoms with Crippen LogP contribution in [0.15, 0.2) is 60.8 Å². The van der Waals surface area contributed by atoms with Gasteiger partial charge < -0.3 is 10.2 Å². The van der Waals surface area contributed by atoms with Gasteiger partial charge in [0.05, 0.1) is 18.5 Å². The molecular formula is C23H24N2O2. The molecule has 0 bridgehead atoms. The van der Waals surface area contributed by atoms with E-state index in [9.17, 15) is 9.59 Å². The standard InChI is InChI=1S/C23H24N2O2/c1-16(26)25-14-13-17-7-5-6-10-20(17)21(25)15-22(27)24-23(19-11-12-19)18-8-3-2-4-9-18/h2-10,13-14,19,21,23H,11-12,15H2,1H3,(H,24,27)/t21-,23+/m0/s1. The topological polar surface area (TPSA) is 49.4 Å². The van der Waals surface area contributed by atoms with Crippen molar-refractivity contribution in [2.75, 3.05) is 0 Å². The quantitative estimate of drug-likeness (QED) is 0.868. The van der Waals surface area contributed by atoms with E-state index in [1.807, 2.05) is 48.5 Å². The lowest BCUT2D eigenvalue weighted by molar-refractivity contribution is -0.130. The number of amides is 2. The fourth-order valence-electron chi connectivity index (χ4n) is 3.88. The average Bonchev–Trinajstić information content (AvgIpc) is 3.52. The van der Waals surface area contributed by atoms with Crippen molar-refractivity contribution in [1.29, 1.82) is 0 Å². The van der Waals surface area contributed by atoms with E-state index in [0.717, 1.165) is 29.5 Å². The lowest BCUT2D eigenvalue weighted by Gasteiger charge is -2.32. The van der Waals surface area contributed by atoms with Gasteiger partial charge in [0.15, 0.2) is 0 Å². The normalized spacial score (nSPS) is 19.3. The van der Waals surface area contributed by atoms with Crippen molar-refractivity contribution in [3.63, 3.8) is 0 Å². The van der Waals surface area contributed by atoms with Gasteiger partial charge in [-0.05, 0) is 41.5 Å². The van der Waals surface area contributed by atoms with Gasteiger partial charge in [-0.2, -0.15) is 0 Å². The molecule has 2 aromatic rings. The maximum atomic E-state index is 12.9. The van der Waals surface area contributed by atoms with E-state index in [4.69, 9.17) is 0 Å². The summed E-state index contributed by atoms with van der Waals surface area (Å²) in [6, 6.07) is 17.9. The van der Waals surface area contributed by atoms with Crippen LogP contribution in [0, 0.1) is 5.92 Å². The first-order valence-corrected chi connectivity index (χ1v) is 9.54. The molecule has 0 spiro atoms. The molecule has 4 nitrogen and oxygen atoms in total. The van der Waals surface area contributed by atoms with Crippen molar-refractivity contribution >= 4 is 17.9 Å². The van der Waals surface area contributed by atoms with E-state index in [1.54, 1.807) is 18.0 Å². The zero-order valence-corrected chi connectivity index (χ0v) is 15.5. The maximum absolute atomic E-state index is 12.9. The number of fused-ring (bicyclic) bond motifs is 1. The molecule has 1 saturated carbocycles. The minimum atomic E-state index is -0.265. The van der Waals surface area contributed by atoms with Gasteiger partial charge in [0.25, 0.3) is 0 Å². The molecule has 0 aromatic heterocycles. The number of nitrogens with one attached hydrogen (secondary N) is 1. The lowest BCUT2D eigenvalue weighted by atomic mass is 9.93. The van der Waals surface area contributed by atoms with E-state index in [2.05, 4.69) is 17.4 Å². The minimum Gasteiger partial charge on any atom is -0.349 e. The molecule has 0 radical (unpaired) electrons. The second-order valence-corrected chi connectivity index (χ2v) is 7.38. The highest BCUT2D eigenvalue weighted by Gasteiger charge is 2.35. The van der Waals surface area contributed by atoms with Crippen molar-refractivity contribution in [2.45, 2.75) is 38.3 Å². The summed E-state index contributed by atoms with van der Waals surface area (Å²) in [5, 5.41) is 3.23. The highest BCUT2D eigenvalue weighted by Crippen LogP contribution is 2.41. The van der Waals surface area contributed by atoms with E-state index in [-0.39, 0.29) is 30.3 Å². The van der Waals surface area contributed by atoms with Crippen molar-refractivity contribution < 1.29 is 9.59 Å². The molecule has 138 valence electrons. The van der Waals surface area contributed by atoms with Crippen LogP contribution < -0.4 is 5.32 Å². The molecule has 1 heterocycles. The van der Waals surface area contributed by atoms with Crippen LogP contribution >= 0.6 is 0 Å². The molecule has 2 aromatic carbocycles. The van der Waals surface area contributed by atoms with Crippen LogP contribution in [0.1, 0.15) is 55.0 Å². The Bertz CT molecular complexity index is 871. The smallest absolute Gasteiger partial charge is 0.223 e. The molecule has 1 aliphatic heterocycles. The SMILES string of the molecule is CC(=O)N1C=Cc2ccccc2[C@@H]1CC(=O)N[C@H](c1ccccc1)C1CC1. The fraction of sp³-hybridized carbons (Fsp3) is 0.304. The Morgan fingerprint density at radius 2 is 1.78 bits per heavy atom. The van der Waals surface area contributed by atoms with E-state index in [1.165, 1.54) is 0 Å². The zero-order valence-electron chi connectivity index (χ0n) is 15.5. The minimum absolute atomic E-state index is 0.0166.